The van der Waals surface area contributed by atoms with E-state index in [1.807, 2.05) is 20.8 Å². The molecule has 10 heteroatoms. The Morgan fingerprint density at radius 1 is 0.952 bits per heavy atom. The number of halogens is 1. The number of aryl methyl sites for hydroxylation is 2. The predicted molar refractivity (Wildman–Crippen MR) is 162 cm³/mol. The molecule has 0 bridgehead atoms. The van der Waals surface area contributed by atoms with Crippen molar-refractivity contribution in [2.75, 3.05) is 24.5 Å². The summed E-state index contributed by atoms with van der Waals surface area (Å²) in [5.41, 5.74) is 2.46. The number of rotatable bonds is 14. The number of methoxy groups -OCH3 is 1. The van der Waals surface area contributed by atoms with Crippen LogP contribution in [0.5, 0.6) is 5.75 Å². The molecule has 0 fully saturated rings. The molecule has 0 aromatic heterocycles. The molecule has 0 saturated carbocycles. The number of nitrogens with zero attached hydrogens (tertiary/aromatic N) is 2. The monoisotopic (exact) mass is 597 g/mol. The highest BCUT2D eigenvalue weighted by molar-refractivity contribution is 7.92. The molecule has 2 amide bonds. The van der Waals surface area contributed by atoms with Gasteiger partial charge >= 0.3 is 0 Å². The van der Waals surface area contributed by atoms with E-state index in [4.69, 9.17) is 4.74 Å². The van der Waals surface area contributed by atoms with Gasteiger partial charge in [-0.3, -0.25) is 13.9 Å². The maximum absolute atomic E-state index is 14.2. The number of nitrogens with one attached hydrogen (secondary N) is 1. The Kier molecular flexibility index (Phi) is 11.5. The van der Waals surface area contributed by atoms with E-state index in [9.17, 15) is 22.4 Å². The number of amides is 2. The molecule has 0 heterocycles. The lowest BCUT2D eigenvalue weighted by atomic mass is 10.1. The van der Waals surface area contributed by atoms with Crippen molar-refractivity contribution < 1.29 is 27.1 Å². The third-order valence-electron chi connectivity index (χ3n) is 6.97. The van der Waals surface area contributed by atoms with Crippen molar-refractivity contribution in [3.8, 4) is 5.75 Å². The average Bonchev–Trinajstić information content (AvgIpc) is 2.97. The molecule has 8 nitrogen and oxygen atoms in total. The summed E-state index contributed by atoms with van der Waals surface area (Å²) in [4.78, 5) is 28.8. The summed E-state index contributed by atoms with van der Waals surface area (Å²) in [6.07, 6.45) is 1.96. The van der Waals surface area contributed by atoms with E-state index >= 15 is 0 Å². The Bertz CT molecular complexity index is 1460. The van der Waals surface area contributed by atoms with Gasteiger partial charge in [0.2, 0.25) is 11.8 Å². The summed E-state index contributed by atoms with van der Waals surface area (Å²) in [6.45, 7) is 7.33. The number of ether oxygens (including phenoxy) is 1. The highest BCUT2D eigenvalue weighted by Gasteiger charge is 2.34. The van der Waals surface area contributed by atoms with Crippen LogP contribution in [0.25, 0.3) is 0 Å². The zero-order valence-electron chi connectivity index (χ0n) is 24.9. The summed E-state index contributed by atoms with van der Waals surface area (Å²) in [5.74, 6) is -1.07. The largest absolute Gasteiger partial charge is 0.495 e. The minimum atomic E-state index is -4.24. The Morgan fingerprint density at radius 2 is 1.60 bits per heavy atom. The van der Waals surface area contributed by atoms with Crippen LogP contribution in [0, 0.1) is 19.7 Å². The molecule has 1 atom stereocenters. The first kappa shape index (κ1) is 32.6. The van der Waals surface area contributed by atoms with Gasteiger partial charge in [-0.05, 0) is 74.2 Å². The van der Waals surface area contributed by atoms with Crippen molar-refractivity contribution >= 4 is 27.5 Å². The van der Waals surface area contributed by atoms with Crippen LogP contribution in [0.1, 0.15) is 49.8 Å². The summed E-state index contributed by atoms with van der Waals surface area (Å²) >= 11 is 0. The average molecular weight is 598 g/mol. The first-order valence-corrected chi connectivity index (χ1v) is 15.5. The molecule has 226 valence electrons. The molecule has 0 radical (unpaired) electrons. The van der Waals surface area contributed by atoms with E-state index in [0.717, 1.165) is 28.3 Å². The van der Waals surface area contributed by atoms with Gasteiger partial charge in [-0.15, -0.1) is 0 Å². The van der Waals surface area contributed by atoms with E-state index in [0.29, 0.717) is 18.5 Å². The minimum absolute atomic E-state index is 0.0117. The molecule has 1 N–H and O–H groups in total. The van der Waals surface area contributed by atoms with E-state index < -0.39 is 34.3 Å². The Labute approximate surface area is 248 Å². The van der Waals surface area contributed by atoms with Crippen LogP contribution in [-0.4, -0.2) is 51.4 Å². The quantitative estimate of drug-likeness (QED) is 0.252. The van der Waals surface area contributed by atoms with Crippen molar-refractivity contribution in [3.05, 3.63) is 89.2 Å². The fourth-order valence-electron chi connectivity index (χ4n) is 4.56. The number of benzene rings is 3. The second kappa shape index (κ2) is 14.8. The molecule has 0 spiro atoms. The maximum Gasteiger partial charge on any atom is 0.264 e. The van der Waals surface area contributed by atoms with Crippen LogP contribution in [0.2, 0.25) is 0 Å². The predicted octanol–water partition coefficient (Wildman–Crippen LogP) is 5.37. The van der Waals surface area contributed by atoms with E-state index in [2.05, 4.69) is 5.32 Å². The van der Waals surface area contributed by atoms with E-state index in [1.54, 1.807) is 49.4 Å². The van der Waals surface area contributed by atoms with Gasteiger partial charge in [0.25, 0.3) is 10.0 Å². The standard InChI is InChI=1S/C32H40FN3O5S/c1-6-8-19-34-32(38)28(7-2)35(21-25-12-14-26(33)15-13-25)31(37)22-36(29-20-24(4)11-18-30(29)41-5)42(39,40)27-16-9-23(3)10-17-27/h9-18,20,28H,6-8,19,21-22H2,1-5H3,(H,34,38). The summed E-state index contributed by atoms with van der Waals surface area (Å²) < 4.78 is 48.4. The Morgan fingerprint density at radius 3 is 2.19 bits per heavy atom. The Balaban J connectivity index is 2.10. The summed E-state index contributed by atoms with van der Waals surface area (Å²) in [5, 5.41) is 2.89. The molecule has 42 heavy (non-hydrogen) atoms. The van der Waals surface area contributed by atoms with Gasteiger partial charge in [0.15, 0.2) is 0 Å². The molecular formula is C32H40FN3O5S. The van der Waals surface area contributed by atoms with Gasteiger partial charge in [0, 0.05) is 13.1 Å². The van der Waals surface area contributed by atoms with Gasteiger partial charge in [-0.25, -0.2) is 12.8 Å². The highest BCUT2D eigenvalue weighted by atomic mass is 32.2. The second-order valence-electron chi connectivity index (χ2n) is 10.2. The minimum Gasteiger partial charge on any atom is -0.495 e. The molecule has 3 aromatic carbocycles. The summed E-state index contributed by atoms with van der Waals surface area (Å²) in [6, 6.07) is 16.2. The van der Waals surface area contributed by atoms with Crippen LogP contribution in [-0.2, 0) is 26.2 Å². The van der Waals surface area contributed by atoms with Crippen LogP contribution in [0.15, 0.2) is 71.6 Å². The zero-order valence-corrected chi connectivity index (χ0v) is 25.7. The van der Waals surface area contributed by atoms with Crippen LogP contribution < -0.4 is 14.4 Å². The van der Waals surface area contributed by atoms with Gasteiger partial charge < -0.3 is 15.0 Å². The van der Waals surface area contributed by atoms with Crippen molar-refractivity contribution in [3.63, 3.8) is 0 Å². The lowest BCUT2D eigenvalue weighted by molar-refractivity contribution is -0.140. The normalized spacial score (nSPS) is 12.0. The van der Waals surface area contributed by atoms with Gasteiger partial charge in [0.05, 0.1) is 17.7 Å². The summed E-state index contributed by atoms with van der Waals surface area (Å²) in [7, 11) is -2.81. The topological polar surface area (TPSA) is 96.0 Å². The van der Waals surface area contributed by atoms with Crippen molar-refractivity contribution in [1.82, 2.24) is 10.2 Å². The molecule has 0 aliphatic rings. The lowest BCUT2D eigenvalue weighted by Crippen LogP contribution is -2.52. The second-order valence-corrected chi connectivity index (χ2v) is 12.1. The maximum atomic E-state index is 14.2. The zero-order chi connectivity index (χ0) is 30.9. The lowest BCUT2D eigenvalue weighted by Gasteiger charge is -2.33. The molecule has 3 aromatic rings. The third kappa shape index (κ3) is 8.09. The van der Waals surface area contributed by atoms with E-state index in [1.165, 1.54) is 36.3 Å². The Hall–Kier alpha value is -3.92. The molecule has 0 aliphatic heterocycles. The van der Waals surface area contributed by atoms with Gasteiger partial charge in [-0.2, -0.15) is 0 Å². The van der Waals surface area contributed by atoms with Gasteiger partial charge in [-0.1, -0.05) is 56.2 Å². The first-order chi connectivity index (χ1) is 20.0. The number of hydrogen-bond donors (Lipinski definition) is 1. The third-order valence-corrected chi connectivity index (χ3v) is 8.75. The fourth-order valence-corrected chi connectivity index (χ4v) is 5.97. The van der Waals surface area contributed by atoms with Crippen LogP contribution in [0.3, 0.4) is 0 Å². The number of sulfonamides is 1. The van der Waals surface area contributed by atoms with E-state index in [-0.39, 0.29) is 28.8 Å². The SMILES string of the molecule is CCCCNC(=O)C(CC)N(Cc1ccc(F)cc1)C(=O)CN(c1cc(C)ccc1OC)S(=O)(=O)c1ccc(C)cc1. The molecule has 0 saturated heterocycles. The number of anilines is 1. The molecular weight excluding hydrogens is 557 g/mol. The molecule has 3 rings (SSSR count). The number of carbonyl (C=O) groups is 2. The van der Waals surface area contributed by atoms with Crippen LogP contribution in [0.4, 0.5) is 10.1 Å². The number of unbranched alkanes of at least 4 members (excludes halogenated alkanes) is 1. The molecule has 0 aliphatic carbocycles. The van der Waals surface area contributed by atoms with Gasteiger partial charge in [0.1, 0.15) is 24.2 Å². The van der Waals surface area contributed by atoms with Crippen LogP contribution >= 0.6 is 0 Å². The number of carbonyl (C=O) groups excluding carboxylic acids is 2. The van der Waals surface area contributed by atoms with Crippen molar-refractivity contribution in [1.29, 1.82) is 0 Å². The number of hydrogen-bond acceptors (Lipinski definition) is 5. The smallest absolute Gasteiger partial charge is 0.264 e. The van der Waals surface area contributed by atoms with Crippen molar-refractivity contribution in [2.45, 2.75) is 64.4 Å². The highest BCUT2D eigenvalue weighted by Crippen LogP contribution is 2.34. The first-order valence-electron chi connectivity index (χ1n) is 14.1. The fraction of sp³-hybridized carbons (Fsp3) is 0.375. The van der Waals surface area contributed by atoms with Crippen molar-refractivity contribution in [2.24, 2.45) is 0 Å². The molecule has 1 unspecified atom stereocenters.